The fourth-order valence-corrected chi connectivity index (χ4v) is 5.58. The third kappa shape index (κ3) is 1.19. The lowest BCUT2D eigenvalue weighted by Crippen LogP contribution is -2.25. The Hall–Kier alpha value is -2.35. The first kappa shape index (κ1) is 13.1. The highest BCUT2D eigenvalue weighted by Gasteiger charge is 2.78. The van der Waals surface area contributed by atoms with Crippen molar-refractivity contribution in [3.63, 3.8) is 0 Å². The van der Waals surface area contributed by atoms with Crippen LogP contribution in [0.4, 0.5) is 4.39 Å². The van der Waals surface area contributed by atoms with Crippen LogP contribution in [0.25, 0.3) is 5.69 Å². The van der Waals surface area contributed by atoms with Crippen LogP contribution in [0, 0.1) is 22.6 Å². The molecule has 1 unspecified atom stereocenters. The van der Waals surface area contributed by atoms with Gasteiger partial charge in [0.15, 0.2) is 0 Å². The number of hydrogen-bond donors (Lipinski definition) is 0. The van der Waals surface area contributed by atoms with Crippen LogP contribution in [0.5, 0.6) is 0 Å². The monoisotopic (exact) mass is 309 g/mol. The fourth-order valence-electron chi connectivity index (χ4n) is 5.58. The molecule has 0 aliphatic heterocycles. The molecule has 4 nitrogen and oxygen atoms in total. The minimum absolute atomic E-state index is 0.117. The molecule has 1 aromatic heterocycles. The van der Waals surface area contributed by atoms with Gasteiger partial charge in [-0.25, -0.2) is 9.07 Å². The third-order valence-electron chi connectivity index (χ3n) is 6.67. The van der Waals surface area contributed by atoms with Gasteiger partial charge in [0, 0.05) is 18.0 Å². The molecule has 1 heterocycles. The van der Waals surface area contributed by atoms with Gasteiger partial charge >= 0.3 is 0 Å². The van der Waals surface area contributed by atoms with Gasteiger partial charge in [-0.05, 0) is 48.8 Å². The van der Waals surface area contributed by atoms with Gasteiger partial charge < -0.3 is 0 Å². The van der Waals surface area contributed by atoms with Gasteiger partial charge in [0.05, 0.1) is 17.3 Å². The summed E-state index contributed by atoms with van der Waals surface area (Å²) in [7, 11) is 1.84. The van der Waals surface area contributed by atoms with E-state index in [1.54, 1.807) is 0 Å². The zero-order valence-corrected chi connectivity index (χ0v) is 13.1. The lowest BCUT2D eigenvalue weighted by molar-refractivity contribution is 0.468. The Morgan fingerprint density at radius 2 is 2.22 bits per heavy atom. The Morgan fingerprint density at radius 1 is 1.43 bits per heavy atom. The summed E-state index contributed by atoms with van der Waals surface area (Å²) in [6.07, 6.45) is 3.32. The van der Waals surface area contributed by atoms with Crippen LogP contribution < -0.4 is 5.56 Å². The molecule has 0 amide bonds. The summed E-state index contributed by atoms with van der Waals surface area (Å²) in [6, 6.07) is 6.16. The normalized spacial score (nSPS) is 32.5. The molecule has 2 aromatic rings. The second-order valence-corrected chi connectivity index (χ2v) is 7.45. The third-order valence-corrected chi connectivity index (χ3v) is 6.67. The van der Waals surface area contributed by atoms with E-state index in [-0.39, 0.29) is 22.1 Å². The second kappa shape index (κ2) is 3.59. The van der Waals surface area contributed by atoms with E-state index >= 15 is 0 Å². The van der Waals surface area contributed by atoms with E-state index in [1.807, 2.05) is 17.8 Å². The van der Waals surface area contributed by atoms with Gasteiger partial charge in [-0.15, -0.1) is 0 Å². The molecule has 2 fully saturated rings. The average molecular weight is 309 g/mol. The number of rotatable bonds is 1. The maximum Gasteiger partial charge on any atom is 0.275 e. The molecule has 3 atom stereocenters. The first-order valence-corrected chi connectivity index (χ1v) is 7.97. The summed E-state index contributed by atoms with van der Waals surface area (Å²) < 4.78 is 17.6. The molecule has 1 aromatic carbocycles. The number of aromatic nitrogens is 2. The first-order valence-electron chi connectivity index (χ1n) is 7.97. The number of fused-ring (bicyclic) bond motifs is 2. The minimum atomic E-state index is -0.478. The predicted molar refractivity (Wildman–Crippen MR) is 82.1 cm³/mol. The van der Waals surface area contributed by atoms with E-state index in [2.05, 4.69) is 6.92 Å². The number of benzene rings is 1. The molecule has 0 saturated heterocycles. The average Bonchev–Trinajstić information content (AvgIpc) is 2.77. The van der Waals surface area contributed by atoms with Gasteiger partial charge in [-0.2, -0.15) is 5.26 Å². The van der Waals surface area contributed by atoms with Crippen LogP contribution in [-0.4, -0.2) is 9.36 Å². The molecule has 3 aliphatic rings. The van der Waals surface area contributed by atoms with Crippen molar-refractivity contribution in [2.75, 3.05) is 0 Å². The van der Waals surface area contributed by atoms with Crippen LogP contribution in [0.2, 0.25) is 0 Å². The topological polar surface area (TPSA) is 50.7 Å². The van der Waals surface area contributed by atoms with Crippen molar-refractivity contribution in [1.82, 2.24) is 9.36 Å². The Kier molecular flexibility index (Phi) is 2.05. The van der Waals surface area contributed by atoms with Crippen LogP contribution in [0.3, 0.4) is 0 Å². The molecule has 23 heavy (non-hydrogen) atoms. The van der Waals surface area contributed by atoms with Crippen molar-refractivity contribution in [2.45, 2.75) is 37.5 Å². The van der Waals surface area contributed by atoms with Crippen LogP contribution in [-0.2, 0) is 12.5 Å². The molecule has 2 bridgehead atoms. The molecule has 0 radical (unpaired) electrons. The number of nitriles is 1. The van der Waals surface area contributed by atoms with E-state index in [4.69, 9.17) is 5.26 Å². The zero-order valence-electron chi connectivity index (χ0n) is 13.1. The fraction of sp³-hybridized carbons (Fsp3) is 0.444. The molecule has 0 N–H and O–H groups in total. The van der Waals surface area contributed by atoms with Crippen LogP contribution >= 0.6 is 0 Å². The van der Waals surface area contributed by atoms with Crippen molar-refractivity contribution < 1.29 is 4.39 Å². The second-order valence-electron chi connectivity index (χ2n) is 7.45. The number of halogens is 1. The van der Waals surface area contributed by atoms with Crippen molar-refractivity contribution in [3.05, 3.63) is 51.2 Å². The van der Waals surface area contributed by atoms with E-state index in [9.17, 15) is 9.18 Å². The largest absolute Gasteiger partial charge is 0.284 e. The highest BCUT2D eigenvalue weighted by Crippen LogP contribution is 2.83. The van der Waals surface area contributed by atoms with E-state index in [1.165, 1.54) is 22.9 Å². The van der Waals surface area contributed by atoms with Gasteiger partial charge in [-0.1, -0.05) is 6.92 Å². The zero-order chi connectivity index (χ0) is 16.1. The molecule has 5 heteroatoms. The Bertz CT molecular complexity index is 991. The maximum absolute atomic E-state index is 14.3. The predicted octanol–water partition coefficient (Wildman–Crippen LogP) is 2.73. The van der Waals surface area contributed by atoms with Gasteiger partial charge in [0.2, 0.25) is 0 Å². The molecular formula is C18H16FN3O. The van der Waals surface area contributed by atoms with Crippen molar-refractivity contribution in [1.29, 1.82) is 5.26 Å². The van der Waals surface area contributed by atoms with Crippen molar-refractivity contribution >= 4 is 0 Å². The molecule has 5 rings (SSSR count). The summed E-state index contributed by atoms with van der Waals surface area (Å²) in [4.78, 5) is 13.0. The van der Waals surface area contributed by atoms with Gasteiger partial charge in [-0.3, -0.25) is 9.48 Å². The van der Waals surface area contributed by atoms with E-state index in [0.717, 1.165) is 30.5 Å². The Labute approximate surface area is 132 Å². The molecule has 3 aliphatic carbocycles. The van der Waals surface area contributed by atoms with Crippen LogP contribution in [0.15, 0.2) is 23.0 Å². The first-order chi connectivity index (χ1) is 10.9. The van der Waals surface area contributed by atoms with Gasteiger partial charge in [0.1, 0.15) is 11.5 Å². The van der Waals surface area contributed by atoms with Gasteiger partial charge in [0.25, 0.3) is 5.56 Å². The number of hydrogen-bond acceptors (Lipinski definition) is 2. The summed E-state index contributed by atoms with van der Waals surface area (Å²) in [5, 5.41) is 9.06. The lowest BCUT2D eigenvalue weighted by atomic mass is 9.86. The quantitative estimate of drug-likeness (QED) is 0.813. The summed E-state index contributed by atoms with van der Waals surface area (Å²) in [5.41, 5.74) is 2.75. The summed E-state index contributed by atoms with van der Waals surface area (Å²) in [6.45, 7) is 2.28. The van der Waals surface area contributed by atoms with E-state index in [0.29, 0.717) is 11.5 Å². The highest BCUT2D eigenvalue weighted by atomic mass is 19.1. The molecule has 0 spiro atoms. The SMILES string of the molecule is Cn1c2c(c(=O)n1-c1cc(C#N)ccc1F)[C@H]1CC[C@@]23CC13C. The molecule has 2 saturated carbocycles. The maximum atomic E-state index is 14.3. The summed E-state index contributed by atoms with van der Waals surface area (Å²) >= 11 is 0. The number of nitrogens with zero attached hydrogens (tertiary/aromatic N) is 3. The highest BCUT2D eigenvalue weighted by molar-refractivity contribution is 5.55. The molecule has 116 valence electrons. The summed E-state index contributed by atoms with van der Waals surface area (Å²) in [5.74, 6) is -0.173. The minimum Gasteiger partial charge on any atom is -0.284 e. The van der Waals surface area contributed by atoms with Crippen LogP contribution in [0.1, 0.15) is 48.9 Å². The lowest BCUT2D eigenvalue weighted by Gasteiger charge is -2.19. The Morgan fingerprint density at radius 3 is 2.87 bits per heavy atom. The smallest absolute Gasteiger partial charge is 0.275 e. The molecular weight excluding hydrogens is 293 g/mol. The van der Waals surface area contributed by atoms with Crippen molar-refractivity contribution in [3.8, 4) is 11.8 Å². The van der Waals surface area contributed by atoms with E-state index < -0.39 is 5.82 Å². The standard InChI is InChI=1S/C18H16FN3O/c1-17-9-18(17)6-5-11(17)14-15(18)21(2)22(16(14)23)13-7-10(8-20)3-4-12(13)19/h3-4,7,11H,5-6,9H2,1-2H3/t11-,17?,18-/m1/s1. The Balaban J connectivity index is 1.81. The van der Waals surface area contributed by atoms with Crippen molar-refractivity contribution in [2.24, 2.45) is 12.5 Å².